The number of amides is 1. The average Bonchev–Trinajstić information content (AvgIpc) is 2.93. The second-order valence-corrected chi connectivity index (χ2v) is 7.21. The molecule has 0 aliphatic heterocycles. The Bertz CT molecular complexity index is 965. The van der Waals surface area contributed by atoms with Gasteiger partial charge in [0.15, 0.2) is 0 Å². The first-order chi connectivity index (χ1) is 13.4. The molecular formula is C23H26FN3O. The number of nitrogens with zero attached hydrogens (tertiary/aromatic N) is 3. The standard InChI is InChI=1S/C23H26FN3O/c1-16-21(17(2)27(4)25-16)15-26(3)23(28)14-20(18-10-6-5-7-11-18)19-12-8-9-13-22(19)24/h5-13,20H,14-15H2,1-4H3. The van der Waals surface area contributed by atoms with Crippen LogP contribution in [0.1, 0.15) is 40.4 Å². The van der Waals surface area contributed by atoms with Crippen LogP contribution in [0.3, 0.4) is 0 Å². The van der Waals surface area contributed by atoms with E-state index in [-0.39, 0.29) is 24.1 Å². The van der Waals surface area contributed by atoms with Crippen LogP contribution in [0.4, 0.5) is 4.39 Å². The summed E-state index contributed by atoms with van der Waals surface area (Å²) < 4.78 is 16.3. The van der Waals surface area contributed by atoms with E-state index < -0.39 is 0 Å². The molecule has 0 fully saturated rings. The zero-order valence-electron chi connectivity index (χ0n) is 16.8. The molecule has 2 aromatic carbocycles. The van der Waals surface area contributed by atoms with Crippen LogP contribution in [-0.2, 0) is 18.4 Å². The molecule has 1 aromatic heterocycles. The van der Waals surface area contributed by atoms with Crippen LogP contribution >= 0.6 is 0 Å². The number of carbonyl (C=O) groups excluding carboxylic acids is 1. The van der Waals surface area contributed by atoms with E-state index in [2.05, 4.69) is 5.10 Å². The first kappa shape index (κ1) is 19.8. The summed E-state index contributed by atoms with van der Waals surface area (Å²) in [5.41, 5.74) is 4.51. The van der Waals surface area contributed by atoms with Gasteiger partial charge in [0.05, 0.1) is 5.69 Å². The van der Waals surface area contributed by atoms with E-state index in [0.717, 1.165) is 22.5 Å². The Morgan fingerprint density at radius 3 is 2.36 bits per heavy atom. The predicted molar refractivity (Wildman–Crippen MR) is 108 cm³/mol. The molecule has 5 heteroatoms. The molecule has 3 aromatic rings. The number of hydrogen-bond acceptors (Lipinski definition) is 2. The molecule has 28 heavy (non-hydrogen) atoms. The predicted octanol–water partition coefficient (Wildman–Crippen LogP) is 4.36. The second kappa shape index (κ2) is 8.38. The topological polar surface area (TPSA) is 38.1 Å². The van der Waals surface area contributed by atoms with Gasteiger partial charge in [-0.1, -0.05) is 48.5 Å². The van der Waals surface area contributed by atoms with Crippen LogP contribution in [0.15, 0.2) is 54.6 Å². The molecule has 3 rings (SSSR count). The maximum absolute atomic E-state index is 14.5. The fraction of sp³-hybridized carbons (Fsp3) is 0.304. The number of aryl methyl sites for hydroxylation is 2. The van der Waals surface area contributed by atoms with Crippen molar-refractivity contribution in [3.05, 3.63) is 88.5 Å². The first-order valence-electron chi connectivity index (χ1n) is 9.41. The molecule has 0 saturated heterocycles. The second-order valence-electron chi connectivity index (χ2n) is 7.21. The highest BCUT2D eigenvalue weighted by Crippen LogP contribution is 2.30. The van der Waals surface area contributed by atoms with Crippen molar-refractivity contribution in [1.29, 1.82) is 0 Å². The van der Waals surface area contributed by atoms with Gasteiger partial charge in [-0.05, 0) is 31.0 Å². The third kappa shape index (κ3) is 4.14. The van der Waals surface area contributed by atoms with Crippen molar-refractivity contribution in [2.45, 2.75) is 32.7 Å². The normalized spacial score (nSPS) is 12.0. The van der Waals surface area contributed by atoms with Crippen molar-refractivity contribution in [2.75, 3.05) is 7.05 Å². The lowest BCUT2D eigenvalue weighted by atomic mass is 9.87. The van der Waals surface area contributed by atoms with Gasteiger partial charge in [0.1, 0.15) is 5.82 Å². The number of rotatable bonds is 6. The van der Waals surface area contributed by atoms with E-state index in [1.807, 2.05) is 62.0 Å². The highest BCUT2D eigenvalue weighted by Gasteiger charge is 2.24. The maximum Gasteiger partial charge on any atom is 0.223 e. The lowest BCUT2D eigenvalue weighted by Crippen LogP contribution is -2.28. The molecule has 0 bridgehead atoms. The van der Waals surface area contributed by atoms with Gasteiger partial charge in [0, 0.05) is 44.2 Å². The Balaban J connectivity index is 1.84. The number of benzene rings is 2. The van der Waals surface area contributed by atoms with E-state index >= 15 is 0 Å². The van der Waals surface area contributed by atoms with Crippen LogP contribution in [0, 0.1) is 19.7 Å². The number of carbonyl (C=O) groups is 1. The van der Waals surface area contributed by atoms with E-state index in [1.165, 1.54) is 6.07 Å². The van der Waals surface area contributed by atoms with E-state index in [4.69, 9.17) is 0 Å². The van der Waals surface area contributed by atoms with Crippen molar-refractivity contribution in [3.8, 4) is 0 Å². The molecule has 146 valence electrons. The Labute approximate surface area is 165 Å². The van der Waals surface area contributed by atoms with Gasteiger partial charge >= 0.3 is 0 Å². The quantitative estimate of drug-likeness (QED) is 0.638. The summed E-state index contributed by atoms with van der Waals surface area (Å²) in [4.78, 5) is 14.7. The molecular weight excluding hydrogens is 353 g/mol. The minimum Gasteiger partial charge on any atom is -0.341 e. The molecule has 0 aliphatic rings. The Morgan fingerprint density at radius 1 is 1.11 bits per heavy atom. The molecule has 1 atom stereocenters. The van der Waals surface area contributed by atoms with Crippen molar-refractivity contribution in [1.82, 2.24) is 14.7 Å². The summed E-state index contributed by atoms with van der Waals surface area (Å²) in [6, 6.07) is 16.3. The fourth-order valence-corrected chi connectivity index (χ4v) is 3.55. The lowest BCUT2D eigenvalue weighted by molar-refractivity contribution is -0.130. The van der Waals surface area contributed by atoms with E-state index in [1.54, 1.807) is 24.1 Å². The maximum atomic E-state index is 14.5. The molecule has 1 amide bonds. The number of hydrogen-bond donors (Lipinski definition) is 0. The highest BCUT2D eigenvalue weighted by atomic mass is 19.1. The number of aromatic nitrogens is 2. The smallest absolute Gasteiger partial charge is 0.223 e. The van der Waals surface area contributed by atoms with Gasteiger partial charge in [-0.25, -0.2) is 4.39 Å². The van der Waals surface area contributed by atoms with Crippen LogP contribution in [0.5, 0.6) is 0 Å². The van der Waals surface area contributed by atoms with Crippen LogP contribution < -0.4 is 0 Å². The van der Waals surface area contributed by atoms with Crippen molar-refractivity contribution < 1.29 is 9.18 Å². The summed E-state index contributed by atoms with van der Waals surface area (Å²) in [5, 5.41) is 4.42. The fourth-order valence-electron chi connectivity index (χ4n) is 3.55. The van der Waals surface area contributed by atoms with Crippen molar-refractivity contribution in [2.24, 2.45) is 7.05 Å². The number of halogens is 1. The average molecular weight is 379 g/mol. The summed E-state index contributed by atoms with van der Waals surface area (Å²) in [7, 11) is 3.69. The van der Waals surface area contributed by atoms with Gasteiger partial charge in [0.2, 0.25) is 5.91 Å². The Hall–Kier alpha value is -2.95. The van der Waals surface area contributed by atoms with Gasteiger partial charge < -0.3 is 4.90 Å². The Morgan fingerprint density at radius 2 is 1.75 bits per heavy atom. The van der Waals surface area contributed by atoms with E-state index in [9.17, 15) is 9.18 Å². The molecule has 4 nitrogen and oxygen atoms in total. The monoisotopic (exact) mass is 379 g/mol. The molecule has 0 radical (unpaired) electrons. The third-order valence-corrected chi connectivity index (χ3v) is 5.34. The van der Waals surface area contributed by atoms with Gasteiger partial charge in [0.25, 0.3) is 0 Å². The summed E-state index contributed by atoms with van der Waals surface area (Å²) in [6.07, 6.45) is 0.208. The van der Waals surface area contributed by atoms with Crippen molar-refractivity contribution >= 4 is 5.91 Å². The summed E-state index contributed by atoms with van der Waals surface area (Å²) in [5.74, 6) is -0.640. The summed E-state index contributed by atoms with van der Waals surface area (Å²) in [6.45, 7) is 4.44. The van der Waals surface area contributed by atoms with E-state index in [0.29, 0.717) is 12.1 Å². The van der Waals surface area contributed by atoms with Gasteiger partial charge in [-0.15, -0.1) is 0 Å². The molecule has 0 saturated carbocycles. The Kier molecular flexibility index (Phi) is 5.93. The molecule has 0 aliphatic carbocycles. The van der Waals surface area contributed by atoms with Gasteiger partial charge in [-0.2, -0.15) is 5.10 Å². The minimum atomic E-state index is -0.326. The molecule has 1 unspecified atom stereocenters. The third-order valence-electron chi connectivity index (χ3n) is 5.34. The van der Waals surface area contributed by atoms with Gasteiger partial charge in [-0.3, -0.25) is 9.48 Å². The van der Waals surface area contributed by atoms with Crippen LogP contribution in [0.25, 0.3) is 0 Å². The lowest BCUT2D eigenvalue weighted by Gasteiger charge is -2.23. The summed E-state index contributed by atoms with van der Waals surface area (Å²) >= 11 is 0. The van der Waals surface area contributed by atoms with Crippen LogP contribution in [-0.4, -0.2) is 27.6 Å². The zero-order valence-corrected chi connectivity index (χ0v) is 16.8. The molecule has 1 heterocycles. The SMILES string of the molecule is Cc1nn(C)c(C)c1CN(C)C(=O)CC(c1ccccc1)c1ccccc1F. The molecule has 0 N–H and O–H groups in total. The first-order valence-corrected chi connectivity index (χ1v) is 9.41. The van der Waals surface area contributed by atoms with Crippen LogP contribution in [0.2, 0.25) is 0 Å². The zero-order chi connectivity index (χ0) is 20.3. The highest BCUT2D eigenvalue weighted by molar-refractivity contribution is 5.77. The largest absolute Gasteiger partial charge is 0.341 e. The minimum absolute atomic E-state index is 0.0280. The molecule has 0 spiro atoms. The van der Waals surface area contributed by atoms with Crippen molar-refractivity contribution in [3.63, 3.8) is 0 Å².